The molecule has 0 radical (unpaired) electrons. The SMILES string of the molecule is CCCNC(=O)C=CCOc1cccc(NS(N)(=O)=O)c1C#N. The van der Waals surface area contributed by atoms with Crippen LogP contribution in [0.4, 0.5) is 5.69 Å². The molecule has 0 bridgehead atoms. The summed E-state index contributed by atoms with van der Waals surface area (Å²) in [4.78, 5) is 11.4. The van der Waals surface area contributed by atoms with Crippen LogP contribution in [0.2, 0.25) is 0 Å². The van der Waals surface area contributed by atoms with Crippen LogP contribution in [0.1, 0.15) is 18.9 Å². The molecule has 0 aliphatic heterocycles. The minimum absolute atomic E-state index is 0.00496. The van der Waals surface area contributed by atoms with Gasteiger partial charge in [-0.25, -0.2) is 5.14 Å². The van der Waals surface area contributed by atoms with Gasteiger partial charge in [-0.1, -0.05) is 13.0 Å². The number of anilines is 1. The third-order valence-corrected chi connectivity index (χ3v) is 3.05. The van der Waals surface area contributed by atoms with Crippen LogP contribution in [0.25, 0.3) is 0 Å². The van der Waals surface area contributed by atoms with Crippen molar-refractivity contribution in [3.63, 3.8) is 0 Å². The van der Waals surface area contributed by atoms with E-state index >= 15 is 0 Å². The van der Waals surface area contributed by atoms with Gasteiger partial charge in [0.25, 0.3) is 10.2 Å². The molecule has 23 heavy (non-hydrogen) atoms. The van der Waals surface area contributed by atoms with Crippen molar-refractivity contribution in [1.82, 2.24) is 5.32 Å². The second-order valence-electron chi connectivity index (χ2n) is 4.44. The van der Waals surface area contributed by atoms with E-state index in [1.807, 2.05) is 17.7 Å². The van der Waals surface area contributed by atoms with Crippen LogP contribution in [-0.4, -0.2) is 27.5 Å². The summed E-state index contributed by atoms with van der Waals surface area (Å²) in [5, 5.41) is 16.7. The zero-order valence-corrected chi connectivity index (χ0v) is 13.4. The van der Waals surface area contributed by atoms with Gasteiger partial charge in [-0.3, -0.25) is 9.52 Å². The Hall–Kier alpha value is -2.57. The van der Waals surface area contributed by atoms with Gasteiger partial charge in [0, 0.05) is 12.6 Å². The van der Waals surface area contributed by atoms with Gasteiger partial charge in [-0.15, -0.1) is 0 Å². The molecule has 0 aliphatic carbocycles. The number of nitrogens with one attached hydrogen (secondary N) is 2. The zero-order valence-electron chi connectivity index (χ0n) is 12.6. The highest BCUT2D eigenvalue weighted by molar-refractivity contribution is 7.90. The second kappa shape index (κ2) is 8.77. The monoisotopic (exact) mass is 338 g/mol. The maximum Gasteiger partial charge on any atom is 0.296 e. The van der Waals surface area contributed by atoms with Gasteiger partial charge in [-0.05, 0) is 24.6 Å². The Morgan fingerprint density at radius 3 is 2.83 bits per heavy atom. The number of carbonyl (C=O) groups is 1. The number of ether oxygens (including phenoxy) is 1. The Kier molecular flexibility index (Phi) is 7.05. The van der Waals surface area contributed by atoms with Gasteiger partial charge < -0.3 is 10.1 Å². The van der Waals surface area contributed by atoms with Gasteiger partial charge in [0.05, 0.1) is 5.69 Å². The Morgan fingerprint density at radius 1 is 1.48 bits per heavy atom. The molecule has 0 heterocycles. The molecule has 0 aliphatic rings. The van der Waals surface area contributed by atoms with Gasteiger partial charge >= 0.3 is 0 Å². The molecule has 0 saturated heterocycles. The number of amides is 1. The topological polar surface area (TPSA) is 134 Å². The lowest BCUT2D eigenvalue weighted by Gasteiger charge is -2.10. The average molecular weight is 338 g/mol. The lowest BCUT2D eigenvalue weighted by Crippen LogP contribution is -2.22. The van der Waals surface area contributed by atoms with Crippen molar-refractivity contribution in [2.45, 2.75) is 13.3 Å². The minimum Gasteiger partial charge on any atom is -0.488 e. The summed E-state index contributed by atoms with van der Waals surface area (Å²) >= 11 is 0. The number of benzene rings is 1. The van der Waals surface area contributed by atoms with Gasteiger partial charge in [0.2, 0.25) is 5.91 Å². The standard InChI is InChI=1S/C14H18N4O4S/c1-2-8-17-14(19)7-4-9-22-13-6-3-5-12(11(13)10-15)18-23(16,20)21/h3-7,18H,2,8-9H2,1H3,(H,17,19)(H2,16,20,21). The van der Waals surface area contributed by atoms with Crippen LogP contribution in [0.15, 0.2) is 30.4 Å². The van der Waals surface area contributed by atoms with Crippen LogP contribution in [0.3, 0.4) is 0 Å². The maximum atomic E-state index is 11.4. The molecule has 1 aromatic rings. The maximum absolute atomic E-state index is 11.4. The fourth-order valence-electron chi connectivity index (χ4n) is 1.61. The van der Waals surface area contributed by atoms with E-state index in [2.05, 4.69) is 5.32 Å². The van der Waals surface area contributed by atoms with E-state index in [0.717, 1.165) is 6.42 Å². The molecule has 0 fully saturated rings. The first kappa shape index (κ1) is 18.5. The van der Waals surface area contributed by atoms with Crippen molar-refractivity contribution in [2.24, 2.45) is 5.14 Å². The van der Waals surface area contributed by atoms with Crippen molar-refractivity contribution in [1.29, 1.82) is 5.26 Å². The highest BCUT2D eigenvalue weighted by atomic mass is 32.2. The summed E-state index contributed by atoms with van der Waals surface area (Å²) in [6, 6.07) is 6.27. The first-order chi connectivity index (χ1) is 10.9. The molecular formula is C14H18N4O4S. The molecule has 8 nitrogen and oxygen atoms in total. The molecule has 0 unspecified atom stereocenters. The van der Waals surface area contributed by atoms with E-state index in [-0.39, 0.29) is 29.5 Å². The number of hydrogen-bond acceptors (Lipinski definition) is 5. The number of nitriles is 1. The minimum atomic E-state index is -4.00. The normalized spacial score (nSPS) is 11.0. The lowest BCUT2D eigenvalue weighted by atomic mass is 10.2. The van der Waals surface area contributed by atoms with E-state index in [1.54, 1.807) is 0 Å². The van der Waals surface area contributed by atoms with E-state index in [9.17, 15) is 13.2 Å². The molecule has 124 valence electrons. The van der Waals surface area contributed by atoms with Gasteiger partial charge in [-0.2, -0.15) is 13.7 Å². The molecule has 0 spiro atoms. The zero-order chi connectivity index (χ0) is 17.3. The average Bonchev–Trinajstić information content (AvgIpc) is 2.48. The summed E-state index contributed by atoms with van der Waals surface area (Å²) in [6.45, 7) is 2.58. The van der Waals surface area contributed by atoms with Crippen molar-refractivity contribution in [3.05, 3.63) is 35.9 Å². The van der Waals surface area contributed by atoms with E-state index < -0.39 is 10.2 Å². The molecule has 1 rings (SSSR count). The predicted molar refractivity (Wildman–Crippen MR) is 85.8 cm³/mol. The van der Waals surface area contributed by atoms with Crippen LogP contribution >= 0.6 is 0 Å². The first-order valence-electron chi connectivity index (χ1n) is 6.78. The number of nitrogens with zero attached hydrogens (tertiary/aromatic N) is 1. The van der Waals surface area contributed by atoms with Crippen molar-refractivity contribution < 1.29 is 17.9 Å². The summed E-state index contributed by atoms with van der Waals surface area (Å²) in [5.74, 6) is -0.0552. The number of hydrogen-bond donors (Lipinski definition) is 3. The summed E-state index contributed by atoms with van der Waals surface area (Å²) in [7, 11) is -4.00. The number of rotatable bonds is 8. The first-order valence-corrected chi connectivity index (χ1v) is 8.32. The summed E-state index contributed by atoms with van der Waals surface area (Å²) < 4.78 is 29.5. The fourth-order valence-corrected chi connectivity index (χ4v) is 2.08. The molecule has 0 saturated carbocycles. The van der Waals surface area contributed by atoms with E-state index in [0.29, 0.717) is 6.54 Å². The quantitative estimate of drug-likeness (QED) is 0.598. The summed E-state index contributed by atoms with van der Waals surface area (Å²) in [5.41, 5.74) is 0.0301. The highest BCUT2D eigenvalue weighted by Crippen LogP contribution is 2.26. The molecule has 0 atom stereocenters. The Bertz CT molecular complexity index is 723. The Balaban J connectivity index is 2.74. The second-order valence-corrected chi connectivity index (χ2v) is 5.74. The van der Waals surface area contributed by atoms with Gasteiger partial charge in [0.1, 0.15) is 24.0 Å². The molecule has 9 heteroatoms. The third kappa shape index (κ3) is 6.82. The lowest BCUT2D eigenvalue weighted by molar-refractivity contribution is -0.116. The summed E-state index contributed by atoms with van der Waals surface area (Å²) in [6.07, 6.45) is 3.66. The Morgan fingerprint density at radius 2 is 2.22 bits per heavy atom. The highest BCUT2D eigenvalue weighted by Gasteiger charge is 2.12. The van der Waals surface area contributed by atoms with E-state index in [4.69, 9.17) is 15.1 Å². The fraction of sp³-hybridized carbons (Fsp3) is 0.286. The molecule has 4 N–H and O–H groups in total. The molecule has 0 aromatic heterocycles. The van der Waals surface area contributed by atoms with Crippen LogP contribution in [0, 0.1) is 11.3 Å². The largest absolute Gasteiger partial charge is 0.488 e. The Labute approximate surface area is 135 Å². The predicted octanol–water partition coefficient (Wildman–Crippen LogP) is 0.635. The van der Waals surface area contributed by atoms with Crippen LogP contribution in [0.5, 0.6) is 5.75 Å². The number of carbonyl (C=O) groups excluding carboxylic acids is 1. The van der Waals surface area contributed by atoms with Crippen molar-refractivity contribution >= 4 is 21.8 Å². The molecule has 1 amide bonds. The molecular weight excluding hydrogens is 320 g/mol. The van der Waals surface area contributed by atoms with Crippen molar-refractivity contribution in [2.75, 3.05) is 17.9 Å². The molecule has 1 aromatic carbocycles. The van der Waals surface area contributed by atoms with E-state index in [1.165, 1.54) is 30.4 Å². The number of nitrogens with two attached hydrogens (primary N) is 1. The van der Waals surface area contributed by atoms with Gasteiger partial charge in [0.15, 0.2) is 0 Å². The van der Waals surface area contributed by atoms with Crippen molar-refractivity contribution in [3.8, 4) is 11.8 Å². The third-order valence-electron chi connectivity index (χ3n) is 2.54. The van der Waals surface area contributed by atoms with Crippen LogP contribution in [-0.2, 0) is 15.0 Å². The van der Waals surface area contributed by atoms with Crippen LogP contribution < -0.4 is 19.9 Å². The smallest absolute Gasteiger partial charge is 0.296 e.